The Kier molecular flexibility index (Phi) is 4.55. The predicted molar refractivity (Wildman–Crippen MR) is 86.4 cm³/mol. The Bertz CT molecular complexity index is 734. The predicted octanol–water partition coefficient (Wildman–Crippen LogP) is 3.67. The van der Waals surface area contributed by atoms with E-state index in [4.69, 9.17) is 29.6 Å². The molecule has 0 aliphatic rings. The Labute approximate surface area is 131 Å². The fraction of sp³-hybridized carbons (Fsp3) is 0.0667. The number of carbonyl (C=O) groups is 1. The van der Waals surface area contributed by atoms with Gasteiger partial charge in [0.15, 0.2) is 0 Å². The van der Waals surface area contributed by atoms with E-state index >= 15 is 0 Å². The van der Waals surface area contributed by atoms with Gasteiger partial charge in [-0.2, -0.15) is 0 Å². The summed E-state index contributed by atoms with van der Waals surface area (Å²) in [5, 5.41) is 3.15. The molecule has 0 atom stereocenters. The zero-order valence-corrected chi connectivity index (χ0v) is 12.7. The third kappa shape index (κ3) is 3.56. The van der Waals surface area contributed by atoms with Crippen LogP contribution in [0.1, 0.15) is 21.5 Å². The first-order valence-electron chi connectivity index (χ1n) is 6.05. The number of anilines is 1. The molecule has 2 aromatic rings. The zero-order valence-electron chi connectivity index (χ0n) is 11.1. The number of carbonyl (C=O) groups excluding carboxylic acids is 1. The van der Waals surface area contributed by atoms with Gasteiger partial charge in [-0.05, 0) is 42.8 Å². The molecule has 0 bridgehead atoms. The molecule has 0 spiro atoms. The van der Waals surface area contributed by atoms with Crippen LogP contribution in [0.4, 0.5) is 10.1 Å². The molecule has 0 fully saturated rings. The van der Waals surface area contributed by atoms with Crippen molar-refractivity contribution in [3.63, 3.8) is 0 Å². The number of nitrogens with one attached hydrogen (secondary N) is 1. The maximum absolute atomic E-state index is 13.2. The van der Waals surface area contributed by atoms with E-state index in [-0.39, 0.29) is 16.5 Å². The van der Waals surface area contributed by atoms with Crippen LogP contribution in [-0.4, -0.2) is 10.9 Å². The summed E-state index contributed by atoms with van der Waals surface area (Å²) < 4.78 is 13.2. The van der Waals surface area contributed by atoms with Crippen LogP contribution in [0, 0.1) is 12.7 Å². The van der Waals surface area contributed by atoms with Crippen molar-refractivity contribution in [2.75, 3.05) is 5.32 Å². The van der Waals surface area contributed by atoms with Crippen molar-refractivity contribution in [1.82, 2.24) is 0 Å². The average molecular weight is 323 g/mol. The van der Waals surface area contributed by atoms with Gasteiger partial charge < -0.3 is 11.1 Å². The number of hydrogen-bond donors (Lipinski definition) is 2. The van der Waals surface area contributed by atoms with Crippen LogP contribution in [0.2, 0.25) is 5.02 Å². The summed E-state index contributed by atoms with van der Waals surface area (Å²) in [5.41, 5.74) is 7.43. The molecule has 1 amide bonds. The molecule has 108 valence electrons. The molecule has 0 radical (unpaired) electrons. The van der Waals surface area contributed by atoms with Crippen LogP contribution in [0.3, 0.4) is 0 Å². The summed E-state index contributed by atoms with van der Waals surface area (Å²) in [4.78, 5) is 12.2. The van der Waals surface area contributed by atoms with Gasteiger partial charge in [0.05, 0.1) is 5.69 Å². The second-order valence-electron chi connectivity index (χ2n) is 4.47. The molecule has 2 rings (SSSR count). The Morgan fingerprint density at radius 2 is 2.00 bits per heavy atom. The lowest BCUT2D eigenvalue weighted by molar-refractivity contribution is 0.102. The van der Waals surface area contributed by atoms with Crippen LogP contribution in [0.15, 0.2) is 36.4 Å². The van der Waals surface area contributed by atoms with Crippen molar-refractivity contribution in [3.05, 3.63) is 63.9 Å². The molecule has 0 heterocycles. The third-order valence-corrected chi connectivity index (χ3v) is 3.56. The van der Waals surface area contributed by atoms with Crippen molar-refractivity contribution in [3.8, 4) is 0 Å². The highest BCUT2D eigenvalue weighted by Gasteiger charge is 2.12. The van der Waals surface area contributed by atoms with Crippen molar-refractivity contribution >= 4 is 40.4 Å². The van der Waals surface area contributed by atoms with Crippen LogP contribution in [0.5, 0.6) is 0 Å². The quantitative estimate of drug-likeness (QED) is 0.848. The van der Waals surface area contributed by atoms with Crippen molar-refractivity contribution in [2.45, 2.75) is 6.92 Å². The van der Waals surface area contributed by atoms with E-state index in [2.05, 4.69) is 5.32 Å². The van der Waals surface area contributed by atoms with Gasteiger partial charge in [-0.25, -0.2) is 4.39 Å². The number of aryl methyl sites for hydroxylation is 1. The first-order chi connectivity index (χ1) is 9.88. The Morgan fingerprint density at radius 3 is 2.62 bits per heavy atom. The van der Waals surface area contributed by atoms with Crippen LogP contribution >= 0.6 is 23.8 Å². The molecule has 0 unspecified atom stereocenters. The molecule has 0 aliphatic heterocycles. The third-order valence-electron chi connectivity index (χ3n) is 2.93. The van der Waals surface area contributed by atoms with Gasteiger partial charge in [0, 0.05) is 16.1 Å². The number of rotatable bonds is 3. The van der Waals surface area contributed by atoms with Gasteiger partial charge in [-0.15, -0.1) is 0 Å². The van der Waals surface area contributed by atoms with E-state index in [0.29, 0.717) is 16.3 Å². The molecule has 0 aliphatic carbocycles. The molecule has 21 heavy (non-hydrogen) atoms. The average Bonchev–Trinajstić information content (AvgIpc) is 2.43. The van der Waals surface area contributed by atoms with E-state index in [1.54, 1.807) is 18.2 Å². The fourth-order valence-electron chi connectivity index (χ4n) is 1.76. The first kappa shape index (κ1) is 15.4. The molecule has 0 saturated carbocycles. The van der Waals surface area contributed by atoms with Gasteiger partial charge in [0.25, 0.3) is 5.91 Å². The topological polar surface area (TPSA) is 55.1 Å². The largest absolute Gasteiger partial charge is 0.389 e. The molecular weight excluding hydrogens is 311 g/mol. The lowest BCUT2D eigenvalue weighted by Crippen LogP contribution is -2.18. The van der Waals surface area contributed by atoms with Gasteiger partial charge >= 0.3 is 0 Å². The Balaban J connectivity index is 2.31. The summed E-state index contributed by atoms with van der Waals surface area (Å²) in [6, 6.07) is 8.78. The number of hydrogen-bond acceptors (Lipinski definition) is 2. The maximum atomic E-state index is 13.2. The summed E-state index contributed by atoms with van der Waals surface area (Å²) in [6.07, 6.45) is 0. The molecule has 0 saturated heterocycles. The van der Waals surface area contributed by atoms with Crippen molar-refractivity contribution < 1.29 is 9.18 Å². The van der Waals surface area contributed by atoms with Gasteiger partial charge in [0.2, 0.25) is 0 Å². The number of halogens is 2. The van der Waals surface area contributed by atoms with E-state index in [1.165, 1.54) is 18.2 Å². The van der Waals surface area contributed by atoms with E-state index in [0.717, 1.165) is 5.56 Å². The smallest absolute Gasteiger partial charge is 0.255 e. The highest BCUT2D eigenvalue weighted by Crippen LogP contribution is 2.20. The minimum atomic E-state index is -0.478. The molecule has 3 nitrogen and oxygen atoms in total. The van der Waals surface area contributed by atoms with E-state index in [1.807, 2.05) is 6.92 Å². The lowest BCUT2D eigenvalue weighted by Gasteiger charge is -2.11. The summed E-state index contributed by atoms with van der Waals surface area (Å²) in [7, 11) is 0. The van der Waals surface area contributed by atoms with Gasteiger partial charge in [-0.3, -0.25) is 4.79 Å². The Hall–Kier alpha value is -1.98. The van der Waals surface area contributed by atoms with Crippen LogP contribution in [-0.2, 0) is 0 Å². The monoisotopic (exact) mass is 322 g/mol. The second kappa shape index (κ2) is 6.20. The van der Waals surface area contributed by atoms with E-state index < -0.39 is 5.82 Å². The molecule has 6 heteroatoms. The number of benzene rings is 2. The lowest BCUT2D eigenvalue weighted by atomic mass is 10.1. The van der Waals surface area contributed by atoms with E-state index in [9.17, 15) is 9.18 Å². The standard InChI is InChI=1S/C15H12ClFN2OS/c1-8-2-3-9(6-12(8)16)15(20)19-13-5-4-10(17)7-11(13)14(18)21/h2-7H,1H3,(H2,18,21)(H,19,20). The van der Waals surface area contributed by atoms with Crippen LogP contribution in [0.25, 0.3) is 0 Å². The second-order valence-corrected chi connectivity index (χ2v) is 5.32. The first-order valence-corrected chi connectivity index (χ1v) is 6.84. The normalized spacial score (nSPS) is 10.2. The highest BCUT2D eigenvalue weighted by atomic mass is 35.5. The maximum Gasteiger partial charge on any atom is 0.255 e. The summed E-state index contributed by atoms with van der Waals surface area (Å²) >= 11 is 10.8. The minimum Gasteiger partial charge on any atom is -0.389 e. The van der Waals surface area contributed by atoms with Crippen molar-refractivity contribution in [2.24, 2.45) is 5.73 Å². The molecular formula is C15H12ClFN2OS. The molecule has 3 N–H and O–H groups in total. The SMILES string of the molecule is Cc1ccc(C(=O)Nc2ccc(F)cc2C(N)=S)cc1Cl. The zero-order chi connectivity index (χ0) is 15.6. The van der Waals surface area contributed by atoms with Crippen molar-refractivity contribution in [1.29, 1.82) is 0 Å². The van der Waals surface area contributed by atoms with Gasteiger partial charge in [0.1, 0.15) is 10.8 Å². The number of nitrogens with two attached hydrogens (primary N) is 1. The van der Waals surface area contributed by atoms with Gasteiger partial charge in [-0.1, -0.05) is 29.9 Å². The summed E-state index contributed by atoms with van der Waals surface area (Å²) in [6.45, 7) is 1.84. The minimum absolute atomic E-state index is 0.00624. The number of amides is 1. The fourth-order valence-corrected chi connectivity index (χ4v) is 2.11. The highest BCUT2D eigenvalue weighted by molar-refractivity contribution is 7.80. The Morgan fingerprint density at radius 1 is 1.29 bits per heavy atom. The molecule has 2 aromatic carbocycles. The number of thiocarbonyl (C=S) groups is 1. The summed E-state index contributed by atoms with van der Waals surface area (Å²) in [5.74, 6) is -0.852. The van der Waals surface area contributed by atoms with Crippen LogP contribution < -0.4 is 11.1 Å². The molecule has 0 aromatic heterocycles.